The highest BCUT2D eigenvalue weighted by Crippen LogP contribution is 2.54. The molecule has 5 nitrogen and oxygen atoms in total. The molecule has 30 heavy (non-hydrogen) atoms. The third kappa shape index (κ3) is 3.39. The van der Waals surface area contributed by atoms with Crippen LogP contribution in [0.5, 0.6) is 0 Å². The summed E-state index contributed by atoms with van der Waals surface area (Å²) in [5.74, 6) is -0.559. The second kappa shape index (κ2) is 7.98. The maximum absolute atomic E-state index is 10.2. The Kier molecular flexibility index (Phi) is 5.76. The summed E-state index contributed by atoms with van der Waals surface area (Å²) in [4.78, 5) is 2.32. The molecular formula is C25H29N5. The molecule has 0 amide bonds. The van der Waals surface area contributed by atoms with Crippen molar-refractivity contribution in [1.29, 1.82) is 15.8 Å². The van der Waals surface area contributed by atoms with Crippen LogP contribution in [0.4, 0.5) is 0 Å². The molecule has 0 saturated carbocycles. The first-order valence-corrected chi connectivity index (χ1v) is 10.5. The van der Waals surface area contributed by atoms with Gasteiger partial charge in [0.25, 0.3) is 0 Å². The SMILES string of the molecule is CCCN1CC=C2C(C#N)=C(N)C(C#N)(C#N)[C@H](c3ccc(C(C)(C)C)cc3)[C@@H]2C1. The first-order valence-electron chi connectivity index (χ1n) is 10.5. The number of hydrogen-bond acceptors (Lipinski definition) is 5. The summed E-state index contributed by atoms with van der Waals surface area (Å²) >= 11 is 0. The van der Waals surface area contributed by atoms with Gasteiger partial charge in [-0.15, -0.1) is 0 Å². The molecule has 5 heteroatoms. The smallest absolute Gasteiger partial charge is 0.191 e. The molecule has 0 radical (unpaired) electrons. The first-order chi connectivity index (χ1) is 14.2. The van der Waals surface area contributed by atoms with E-state index in [1.54, 1.807) is 0 Å². The van der Waals surface area contributed by atoms with Crippen LogP contribution in [0.2, 0.25) is 0 Å². The maximum Gasteiger partial charge on any atom is 0.191 e. The molecule has 1 aromatic carbocycles. The van der Waals surface area contributed by atoms with Gasteiger partial charge >= 0.3 is 0 Å². The Balaban J connectivity index is 2.22. The Morgan fingerprint density at radius 1 is 1.13 bits per heavy atom. The molecule has 3 rings (SSSR count). The van der Waals surface area contributed by atoms with Gasteiger partial charge in [0.2, 0.25) is 0 Å². The average molecular weight is 400 g/mol. The largest absolute Gasteiger partial charge is 0.399 e. The van der Waals surface area contributed by atoms with Crippen molar-refractivity contribution in [2.24, 2.45) is 17.1 Å². The fourth-order valence-electron chi connectivity index (χ4n) is 4.81. The molecule has 1 aliphatic heterocycles. The van der Waals surface area contributed by atoms with E-state index in [1.807, 2.05) is 12.1 Å². The number of nitrogens with two attached hydrogens (primary N) is 1. The van der Waals surface area contributed by atoms with E-state index in [-0.39, 0.29) is 17.0 Å². The van der Waals surface area contributed by atoms with E-state index in [0.29, 0.717) is 12.1 Å². The highest BCUT2D eigenvalue weighted by Gasteiger charge is 2.54. The maximum atomic E-state index is 10.2. The number of fused-ring (bicyclic) bond motifs is 1. The highest BCUT2D eigenvalue weighted by atomic mass is 15.1. The minimum Gasteiger partial charge on any atom is -0.399 e. The van der Waals surface area contributed by atoms with Gasteiger partial charge in [0.05, 0.1) is 23.4 Å². The molecule has 0 bridgehead atoms. The number of hydrogen-bond donors (Lipinski definition) is 1. The summed E-state index contributed by atoms with van der Waals surface area (Å²) in [7, 11) is 0. The molecular weight excluding hydrogens is 370 g/mol. The van der Waals surface area contributed by atoms with Crippen LogP contribution in [-0.4, -0.2) is 24.5 Å². The average Bonchev–Trinajstić information content (AvgIpc) is 2.73. The van der Waals surface area contributed by atoms with Crippen molar-refractivity contribution >= 4 is 0 Å². The molecule has 2 N–H and O–H groups in total. The van der Waals surface area contributed by atoms with Crippen molar-refractivity contribution < 1.29 is 0 Å². The van der Waals surface area contributed by atoms with Gasteiger partial charge in [0.15, 0.2) is 5.41 Å². The van der Waals surface area contributed by atoms with Crippen molar-refractivity contribution in [3.63, 3.8) is 0 Å². The van der Waals surface area contributed by atoms with E-state index in [0.717, 1.165) is 30.6 Å². The zero-order chi connectivity index (χ0) is 22.1. The topological polar surface area (TPSA) is 101 Å². The summed E-state index contributed by atoms with van der Waals surface area (Å²) < 4.78 is 0. The van der Waals surface area contributed by atoms with Gasteiger partial charge in [-0.25, -0.2) is 0 Å². The van der Waals surface area contributed by atoms with Gasteiger partial charge in [-0.2, -0.15) is 15.8 Å². The monoisotopic (exact) mass is 399 g/mol. The molecule has 1 heterocycles. The third-order valence-corrected chi connectivity index (χ3v) is 6.42. The number of allylic oxidation sites excluding steroid dienone is 2. The van der Waals surface area contributed by atoms with E-state index in [9.17, 15) is 15.8 Å². The molecule has 2 atom stereocenters. The summed E-state index contributed by atoms with van der Waals surface area (Å²) in [6.45, 7) is 11.0. The van der Waals surface area contributed by atoms with Crippen molar-refractivity contribution in [2.45, 2.75) is 45.4 Å². The lowest BCUT2D eigenvalue weighted by Crippen LogP contribution is -2.48. The molecule has 0 fully saturated rings. The Morgan fingerprint density at radius 3 is 2.27 bits per heavy atom. The molecule has 0 saturated heterocycles. The van der Waals surface area contributed by atoms with Gasteiger partial charge in [0.1, 0.15) is 6.07 Å². The molecule has 0 unspecified atom stereocenters. The van der Waals surface area contributed by atoms with E-state index in [1.165, 1.54) is 5.56 Å². The zero-order valence-electron chi connectivity index (χ0n) is 18.2. The second-order valence-corrected chi connectivity index (χ2v) is 9.31. The second-order valence-electron chi connectivity index (χ2n) is 9.31. The molecule has 1 aromatic rings. The lowest BCUT2D eigenvalue weighted by Gasteiger charge is -2.45. The zero-order valence-corrected chi connectivity index (χ0v) is 18.2. The Labute approximate surface area is 179 Å². The fourth-order valence-corrected chi connectivity index (χ4v) is 4.81. The van der Waals surface area contributed by atoms with Gasteiger partial charge < -0.3 is 5.73 Å². The minimum atomic E-state index is -1.56. The number of nitrogens with zero attached hydrogens (tertiary/aromatic N) is 4. The number of nitriles is 3. The van der Waals surface area contributed by atoms with E-state index < -0.39 is 11.3 Å². The minimum absolute atomic E-state index is 0.00732. The molecule has 2 aliphatic rings. The van der Waals surface area contributed by atoms with Crippen LogP contribution in [-0.2, 0) is 5.41 Å². The number of benzene rings is 1. The van der Waals surface area contributed by atoms with E-state index in [4.69, 9.17) is 5.73 Å². The predicted molar refractivity (Wildman–Crippen MR) is 117 cm³/mol. The standard InChI is InChI=1S/C25H29N5/c1-5-11-30-12-10-19-20(13-26)23(29)25(15-27,16-28)22(21(19)14-30)17-6-8-18(9-7-17)24(2,3)4/h6-10,21-22H,5,11-12,14,29H2,1-4H3/t21-,22-/m1/s1. The van der Waals surface area contributed by atoms with Crippen molar-refractivity contribution in [1.82, 2.24) is 4.90 Å². The normalized spacial score (nSPS) is 23.6. The highest BCUT2D eigenvalue weighted by molar-refractivity contribution is 5.59. The van der Waals surface area contributed by atoms with E-state index in [2.05, 4.69) is 69.0 Å². The lowest BCUT2D eigenvalue weighted by molar-refractivity contribution is 0.207. The summed E-state index contributed by atoms with van der Waals surface area (Å²) in [6.07, 6.45) is 3.08. The summed E-state index contributed by atoms with van der Waals surface area (Å²) in [6, 6.07) is 14.8. The molecule has 0 aromatic heterocycles. The first kappa shape index (κ1) is 21.6. The van der Waals surface area contributed by atoms with Gasteiger partial charge in [-0.3, -0.25) is 4.90 Å². The summed E-state index contributed by atoms with van der Waals surface area (Å²) in [5.41, 5.74) is 8.20. The Morgan fingerprint density at radius 2 is 1.77 bits per heavy atom. The van der Waals surface area contributed by atoms with Crippen LogP contribution in [0.1, 0.15) is 51.2 Å². The Bertz CT molecular complexity index is 988. The van der Waals surface area contributed by atoms with Crippen LogP contribution < -0.4 is 5.73 Å². The van der Waals surface area contributed by atoms with Gasteiger partial charge in [-0.05, 0) is 35.1 Å². The van der Waals surface area contributed by atoms with Crippen LogP contribution >= 0.6 is 0 Å². The molecule has 154 valence electrons. The third-order valence-electron chi connectivity index (χ3n) is 6.42. The van der Waals surface area contributed by atoms with Crippen LogP contribution in [0.25, 0.3) is 0 Å². The van der Waals surface area contributed by atoms with Crippen molar-refractivity contribution in [3.8, 4) is 18.2 Å². The fraction of sp³-hybridized carbons (Fsp3) is 0.480. The van der Waals surface area contributed by atoms with Gasteiger partial charge in [0, 0.05) is 24.9 Å². The Hall–Kier alpha value is -3.07. The van der Waals surface area contributed by atoms with Crippen LogP contribution in [0.3, 0.4) is 0 Å². The predicted octanol–water partition coefficient (Wildman–Crippen LogP) is 4.12. The lowest BCUT2D eigenvalue weighted by atomic mass is 9.58. The molecule has 1 aliphatic carbocycles. The van der Waals surface area contributed by atoms with Crippen LogP contribution in [0.15, 0.2) is 47.2 Å². The van der Waals surface area contributed by atoms with Crippen molar-refractivity contribution in [2.75, 3.05) is 19.6 Å². The summed E-state index contributed by atoms with van der Waals surface area (Å²) in [5, 5.41) is 30.2. The molecule has 0 spiro atoms. The van der Waals surface area contributed by atoms with E-state index >= 15 is 0 Å². The van der Waals surface area contributed by atoms with Crippen molar-refractivity contribution in [3.05, 3.63) is 58.3 Å². The van der Waals surface area contributed by atoms with Gasteiger partial charge in [-0.1, -0.05) is 58.0 Å². The number of rotatable bonds is 3. The van der Waals surface area contributed by atoms with Crippen LogP contribution in [0, 0.1) is 45.3 Å². The quantitative estimate of drug-likeness (QED) is 0.824.